The number of hydrogen-bond donors (Lipinski definition) is 1. The van der Waals surface area contributed by atoms with Crippen molar-refractivity contribution in [1.82, 2.24) is 9.62 Å². The molecule has 0 bridgehead atoms. The Morgan fingerprint density at radius 2 is 2.06 bits per heavy atom. The maximum Gasteiger partial charge on any atom is 0.215 e. The van der Waals surface area contributed by atoms with E-state index in [1.807, 2.05) is 13.8 Å². The Kier molecular flexibility index (Phi) is 7.62. The molecule has 5 heteroatoms. The van der Waals surface area contributed by atoms with Gasteiger partial charge < -0.3 is 5.32 Å². The van der Waals surface area contributed by atoms with Crippen molar-refractivity contribution in [3.05, 3.63) is 12.7 Å². The summed E-state index contributed by atoms with van der Waals surface area (Å²) in [5, 5.41) is 3.10. The van der Waals surface area contributed by atoms with E-state index in [9.17, 15) is 8.42 Å². The molecule has 0 amide bonds. The molecule has 1 N–H and O–H groups in total. The predicted molar refractivity (Wildman–Crippen MR) is 69.0 cm³/mol. The number of rotatable bonds is 9. The standard InChI is InChI=1S/C11H24N2O2S/c1-5-6-7-9-13(4)16(14,15)10-8-12-11(2)3/h5,11-12H,1,6-10H2,2-4H3. The van der Waals surface area contributed by atoms with Gasteiger partial charge in [0.15, 0.2) is 0 Å². The molecule has 96 valence electrons. The molecule has 0 rings (SSSR count). The zero-order valence-corrected chi connectivity index (χ0v) is 11.4. The smallest absolute Gasteiger partial charge is 0.215 e. The zero-order valence-electron chi connectivity index (χ0n) is 10.6. The first-order valence-electron chi connectivity index (χ1n) is 5.68. The maximum atomic E-state index is 11.8. The van der Waals surface area contributed by atoms with Crippen molar-refractivity contribution in [2.24, 2.45) is 0 Å². The Morgan fingerprint density at radius 3 is 2.56 bits per heavy atom. The van der Waals surface area contributed by atoms with Crippen LogP contribution in [0.4, 0.5) is 0 Å². The minimum atomic E-state index is -3.10. The van der Waals surface area contributed by atoms with Gasteiger partial charge in [0.25, 0.3) is 0 Å². The van der Waals surface area contributed by atoms with Crippen molar-refractivity contribution < 1.29 is 8.42 Å². The minimum Gasteiger partial charge on any atom is -0.313 e. The molecule has 0 spiro atoms. The molecule has 0 fully saturated rings. The van der Waals surface area contributed by atoms with Gasteiger partial charge in [-0.2, -0.15) is 0 Å². The number of allylic oxidation sites excluding steroid dienone is 1. The lowest BCUT2D eigenvalue weighted by atomic mass is 10.3. The molecule has 16 heavy (non-hydrogen) atoms. The third-order valence-electron chi connectivity index (χ3n) is 2.27. The van der Waals surface area contributed by atoms with Crippen LogP contribution in [-0.4, -0.2) is 44.7 Å². The van der Waals surface area contributed by atoms with Gasteiger partial charge in [0, 0.05) is 26.2 Å². The normalized spacial score (nSPS) is 12.3. The molecular weight excluding hydrogens is 224 g/mol. The van der Waals surface area contributed by atoms with Gasteiger partial charge in [-0.3, -0.25) is 0 Å². The lowest BCUT2D eigenvalue weighted by Gasteiger charge is -2.17. The lowest BCUT2D eigenvalue weighted by Crippen LogP contribution is -2.36. The Bertz CT molecular complexity index is 286. The van der Waals surface area contributed by atoms with E-state index in [4.69, 9.17) is 0 Å². The van der Waals surface area contributed by atoms with E-state index >= 15 is 0 Å². The van der Waals surface area contributed by atoms with Gasteiger partial charge in [0.2, 0.25) is 10.0 Å². The summed E-state index contributed by atoms with van der Waals surface area (Å²) >= 11 is 0. The van der Waals surface area contributed by atoms with Crippen LogP contribution in [0.25, 0.3) is 0 Å². The molecule has 4 nitrogen and oxygen atoms in total. The summed E-state index contributed by atoms with van der Waals surface area (Å²) in [5.74, 6) is 0.162. The third-order valence-corrected chi connectivity index (χ3v) is 4.12. The van der Waals surface area contributed by atoms with Gasteiger partial charge in [-0.1, -0.05) is 19.9 Å². The first kappa shape index (κ1) is 15.6. The summed E-state index contributed by atoms with van der Waals surface area (Å²) in [6.07, 6.45) is 3.49. The minimum absolute atomic E-state index is 0.162. The first-order valence-corrected chi connectivity index (χ1v) is 7.29. The number of unbranched alkanes of at least 4 members (excludes halogenated alkanes) is 1. The van der Waals surface area contributed by atoms with Gasteiger partial charge in [-0.05, 0) is 12.8 Å². The Hall–Kier alpha value is -0.390. The summed E-state index contributed by atoms with van der Waals surface area (Å²) in [4.78, 5) is 0. The highest BCUT2D eigenvalue weighted by Gasteiger charge is 2.16. The SMILES string of the molecule is C=CCCCN(C)S(=O)(=O)CCNC(C)C. The third kappa shape index (κ3) is 6.98. The summed E-state index contributed by atoms with van der Waals surface area (Å²) in [7, 11) is -1.47. The van der Waals surface area contributed by atoms with Crippen molar-refractivity contribution in [2.45, 2.75) is 32.7 Å². The van der Waals surface area contributed by atoms with E-state index < -0.39 is 10.0 Å². The van der Waals surface area contributed by atoms with E-state index in [2.05, 4.69) is 11.9 Å². The molecule has 0 aromatic carbocycles. The summed E-state index contributed by atoms with van der Waals surface area (Å²) in [5.41, 5.74) is 0. The van der Waals surface area contributed by atoms with Crippen LogP contribution in [-0.2, 0) is 10.0 Å². The fourth-order valence-corrected chi connectivity index (χ4v) is 2.32. The molecule has 0 aliphatic carbocycles. The predicted octanol–water partition coefficient (Wildman–Crippen LogP) is 1.21. The summed E-state index contributed by atoms with van der Waals surface area (Å²) in [6.45, 7) is 8.68. The van der Waals surface area contributed by atoms with E-state index in [0.29, 0.717) is 19.1 Å². The second kappa shape index (κ2) is 7.81. The van der Waals surface area contributed by atoms with Crippen LogP contribution in [0.3, 0.4) is 0 Å². The zero-order chi connectivity index (χ0) is 12.6. The van der Waals surface area contributed by atoms with E-state index in [1.165, 1.54) is 4.31 Å². The van der Waals surface area contributed by atoms with E-state index in [0.717, 1.165) is 12.8 Å². The lowest BCUT2D eigenvalue weighted by molar-refractivity contribution is 0.460. The molecule has 0 heterocycles. The Labute approximate surface area is 99.8 Å². The molecule has 0 atom stereocenters. The average Bonchev–Trinajstić information content (AvgIpc) is 2.17. The molecular formula is C11H24N2O2S. The Balaban J connectivity index is 3.95. The number of hydrogen-bond acceptors (Lipinski definition) is 3. The van der Waals surface area contributed by atoms with Crippen molar-refractivity contribution in [3.63, 3.8) is 0 Å². The molecule has 0 unspecified atom stereocenters. The molecule has 0 aliphatic rings. The fourth-order valence-electron chi connectivity index (χ4n) is 1.23. The van der Waals surface area contributed by atoms with Gasteiger partial charge in [0.1, 0.15) is 0 Å². The van der Waals surface area contributed by atoms with Crippen LogP contribution in [0.5, 0.6) is 0 Å². The topological polar surface area (TPSA) is 49.4 Å². The van der Waals surface area contributed by atoms with Crippen LogP contribution in [0, 0.1) is 0 Å². The van der Waals surface area contributed by atoms with Crippen LogP contribution in [0.1, 0.15) is 26.7 Å². The summed E-state index contributed by atoms with van der Waals surface area (Å²) in [6, 6.07) is 0.321. The van der Waals surface area contributed by atoms with E-state index in [1.54, 1.807) is 13.1 Å². The number of sulfonamides is 1. The fraction of sp³-hybridized carbons (Fsp3) is 0.818. The van der Waals surface area contributed by atoms with Crippen molar-refractivity contribution in [1.29, 1.82) is 0 Å². The van der Waals surface area contributed by atoms with Crippen molar-refractivity contribution in [3.8, 4) is 0 Å². The molecule has 0 aromatic heterocycles. The van der Waals surface area contributed by atoms with Crippen LogP contribution >= 0.6 is 0 Å². The molecule has 0 radical (unpaired) electrons. The maximum absolute atomic E-state index is 11.8. The first-order chi connectivity index (χ1) is 7.40. The van der Waals surface area contributed by atoms with Crippen molar-refractivity contribution >= 4 is 10.0 Å². The Morgan fingerprint density at radius 1 is 1.44 bits per heavy atom. The van der Waals surface area contributed by atoms with Gasteiger partial charge >= 0.3 is 0 Å². The molecule has 0 aromatic rings. The molecule has 0 saturated carbocycles. The second-order valence-electron chi connectivity index (χ2n) is 4.18. The quantitative estimate of drug-likeness (QED) is 0.493. The van der Waals surface area contributed by atoms with Crippen LogP contribution < -0.4 is 5.32 Å². The largest absolute Gasteiger partial charge is 0.313 e. The van der Waals surface area contributed by atoms with Crippen molar-refractivity contribution in [2.75, 3.05) is 25.9 Å². The highest BCUT2D eigenvalue weighted by molar-refractivity contribution is 7.89. The van der Waals surface area contributed by atoms with Gasteiger partial charge in [-0.15, -0.1) is 6.58 Å². The monoisotopic (exact) mass is 248 g/mol. The number of nitrogens with zero attached hydrogens (tertiary/aromatic N) is 1. The summed E-state index contributed by atoms with van der Waals surface area (Å²) < 4.78 is 25.0. The van der Waals surface area contributed by atoms with E-state index in [-0.39, 0.29) is 5.75 Å². The number of nitrogens with one attached hydrogen (secondary N) is 1. The highest BCUT2D eigenvalue weighted by Crippen LogP contribution is 2.01. The van der Waals surface area contributed by atoms with Gasteiger partial charge in [-0.25, -0.2) is 12.7 Å². The molecule has 0 aliphatic heterocycles. The second-order valence-corrected chi connectivity index (χ2v) is 6.37. The highest BCUT2D eigenvalue weighted by atomic mass is 32.2. The van der Waals surface area contributed by atoms with Gasteiger partial charge in [0.05, 0.1) is 5.75 Å². The molecule has 0 saturated heterocycles. The van der Waals surface area contributed by atoms with Crippen LogP contribution in [0.15, 0.2) is 12.7 Å². The average molecular weight is 248 g/mol. The van der Waals surface area contributed by atoms with Crippen LogP contribution in [0.2, 0.25) is 0 Å².